The molecule has 250 valence electrons. The Morgan fingerprint density at radius 2 is 1.00 bits per heavy atom. The smallest absolute Gasteiger partial charge is 0.408 e. The van der Waals surface area contributed by atoms with Crippen LogP contribution in [0.2, 0.25) is 0 Å². The fraction of sp³-hybridized carbons (Fsp3) is 0.595. The minimum Gasteiger partial charge on any atom is -0.469 e. The summed E-state index contributed by atoms with van der Waals surface area (Å²) in [4.78, 5) is 37.7. The summed E-state index contributed by atoms with van der Waals surface area (Å²) in [5.41, 5.74) is 1.96. The van der Waals surface area contributed by atoms with Crippen molar-refractivity contribution in [2.45, 2.75) is 135 Å². The van der Waals surface area contributed by atoms with E-state index >= 15 is 0 Å². The summed E-state index contributed by atoms with van der Waals surface area (Å²) in [6, 6.07) is 19.0. The second-order valence-corrected chi connectivity index (χ2v) is 11.9. The van der Waals surface area contributed by atoms with Crippen LogP contribution in [0.15, 0.2) is 60.7 Å². The number of amides is 2. The Morgan fingerprint density at radius 3 is 1.42 bits per heavy atom. The monoisotopic (exact) mass is 624 g/mol. The van der Waals surface area contributed by atoms with Gasteiger partial charge in [0.2, 0.25) is 0 Å². The number of carbonyl (C=O) groups is 3. The molecule has 2 rings (SSSR count). The molecule has 45 heavy (non-hydrogen) atoms. The molecule has 0 radical (unpaired) electrons. The van der Waals surface area contributed by atoms with Crippen LogP contribution >= 0.6 is 0 Å². The highest BCUT2D eigenvalue weighted by Crippen LogP contribution is 2.22. The molecule has 0 aliphatic rings. The van der Waals surface area contributed by atoms with Gasteiger partial charge in [-0.15, -0.1) is 0 Å². The van der Waals surface area contributed by atoms with Gasteiger partial charge in [-0.1, -0.05) is 119 Å². The Balaban J connectivity index is 2.09. The van der Waals surface area contributed by atoms with Gasteiger partial charge in [0.25, 0.3) is 0 Å². The molecule has 0 spiro atoms. The van der Waals surface area contributed by atoms with Crippen molar-refractivity contribution in [3.63, 3.8) is 0 Å². The summed E-state index contributed by atoms with van der Waals surface area (Å²) >= 11 is 0. The van der Waals surface area contributed by atoms with E-state index in [1.54, 1.807) is 0 Å². The minimum absolute atomic E-state index is 0.186. The first-order chi connectivity index (χ1) is 21.8. The Hall–Kier alpha value is -3.55. The summed E-state index contributed by atoms with van der Waals surface area (Å²) in [6.45, 7) is 6.04. The van der Waals surface area contributed by atoms with Gasteiger partial charge in [0, 0.05) is 6.42 Å². The van der Waals surface area contributed by atoms with E-state index < -0.39 is 24.4 Å². The molecule has 0 heterocycles. The fourth-order valence-electron chi connectivity index (χ4n) is 5.36. The van der Waals surface area contributed by atoms with E-state index in [2.05, 4.69) is 17.6 Å². The molecule has 2 aromatic carbocycles. The molecule has 8 heteroatoms. The number of alkyl carbamates (subject to hydrolysis) is 2. The second-order valence-electron chi connectivity index (χ2n) is 11.9. The maximum absolute atomic E-state index is 13.2. The maximum atomic E-state index is 13.2. The lowest BCUT2D eigenvalue weighted by atomic mass is 9.99. The van der Waals surface area contributed by atoms with Gasteiger partial charge in [0.05, 0.1) is 19.2 Å². The average Bonchev–Trinajstić information content (AvgIpc) is 3.05. The lowest BCUT2D eigenvalue weighted by Crippen LogP contribution is -2.41. The molecule has 8 nitrogen and oxygen atoms in total. The lowest BCUT2D eigenvalue weighted by Gasteiger charge is -2.28. The third-order valence-electron chi connectivity index (χ3n) is 8.14. The van der Waals surface area contributed by atoms with Crippen LogP contribution in [0.3, 0.4) is 0 Å². The molecular formula is C37H56N2O6. The van der Waals surface area contributed by atoms with E-state index in [1.807, 2.05) is 74.5 Å². The minimum atomic E-state index is -0.587. The Kier molecular flexibility index (Phi) is 19.1. The third-order valence-corrected chi connectivity index (χ3v) is 8.14. The standard InChI is InChI=1S/C37H56N2O6/c1-5-6-7-8-10-19-26-33(44-36(41)38-29(2)31-22-15-13-16-23-31)34(27-20-11-9-12-21-28-35(40)43-4)45-37(42)39-30(3)32-24-17-14-18-25-32/h13-18,22-25,29-30,33-34H,5-12,19-21,26-28H2,1-4H3,(H,38,41)(H,39,42)/t29-,30-,33+,34-/m0/s1. The molecule has 0 saturated carbocycles. The summed E-state index contributed by atoms with van der Waals surface area (Å²) in [5.74, 6) is -0.186. The number of nitrogens with one attached hydrogen (secondary N) is 2. The van der Waals surface area contributed by atoms with E-state index in [-0.39, 0.29) is 18.1 Å². The molecule has 2 amide bonds. The normalized spacial score (nSPS) is 13.6. The van der Waals surface area contributed by atoms with E-state index in [9.17, 15) is 14.4 Å². The van der Waals surface area contributed by atoms with Crippen LogP contribution in [0.1, 0.15) is 134 Å². The van der Waals surface area contributed by atoms with Crippen molar-refractivity contribution in [1.29, 1.82) is 0 Å². The number of hydrogen-bond acceptors (Lipinski definition) is 6. The van der Waals surface area contributed by atoms with Crippen LogP contribution in [0.25, 0.3) is 0 Å². The van der Waals surface area contributed by atoms with Crippen LogP contribution in [0.5, 0.6) is 0 Å². The maximum Gasteiger partial charge on any atom is 0.408 e. The lowest BCUT2D eigenvalue weighted by molar-refractivity contribution is -0.140. The summed E-state index contributed by atoms with van der Waals surface area (Å²) in [6.07, 6.45) is 10.4. The van der Waals surface area contributed by atoms with Crippen molar-refractivity contribution in [3.8, 4) is 0 Å². The predicted octanol–water partition coefficient (Wildman–Crippen LogP) is 9.35. The largest absolute Gasteiger partial charge is 0.469 e. The molecule has 0 aliphatic heterocycles. The molecule has 0 saturated heterocycles. The van der Waals surface area contributed by atoms with Gasteiger partial charge in [0.15, 0.2) is 0 Å². The van der Waals surface area contributed by atoms with Crippen molar-refractivity contribution in [2.24, 2.45) is 0 Å². The average molecular weight is 625 g/mol. The fourth-order valence-corrected chi connectivity index (χ4v) is 5.36. The molecule has 4 atom stereocenters. The van der Waals surface area contributed by atoms with Gasteiger partial charge in [0.1, 0.15) is 12.2 Å². The Labute approximate surface area is 271 Å². The molecule has 0 aromatic heterocycles. The van der Waals surface area contributed by atoms with Gasteiger partial charge in [-0.2, -0.15) is 0 Å². The summed E-state index contributed by atoms with van der Waals surface area (Å²) in [7, 11) is 1.41. The third kappa shape index (κ3) is 16.4. The van der Waals surface area contributed by atoms with Crippen LogP contribution < -0.4 is 10.6 Å². The molecule has 0 aliphatic carbocycles. The van der Waals surface area contributed by atoms with Crippen molar-refractivity contribution in [3.05, 3.63) is 71.8 Å². The predicted molar refractivity (Wildman–Crippen MR) is 179 cm³/mol. The van der Waals surface area contributed by atoms with Gasteiger partial charge in [-0.05, 0) is 57.1 Å². The van der Waals surface area contributed by atoms with Crippen LogP contribution in [-0.4, -0.2) is 37.5 Å². The first kappa shape index (κ1) is 37.6. The van der Waals surface area contributed by atoms with Crippen molar-refractivity contribution >= 4 is 18.2 Å². The number of esters is 1. The molecular weight excluding hydrogens is 568 g/mol. The zero-order valence-electron chi connectivity index (χ0n) is 27.9. The summed E-state index contributed by atoms with van der Waals surface area (Å²) in [5, 5.41) is 5.91. The van der Waals surface area contributed by atoms with E-state index in [1.165, 1.54) is 26.4 Å². The number of methoxy groups -OCH3 is 1. The first-order valence-corrected chi connectivity index (χ1v) is 16.9. The van der Waals surface area contributed by atoms with Crippen LogP contribution in [0.4, 0.5) is 9.59 Å². The SMILES string of the molecule is CCCCCCCC[C@@H](OC(=O)N[C@@H](C)c1ccccc1)[C@H](CCCCCCCC(=O)OC)OC(=O)N[C@@H](C)c1ccccc1. The number of rotatable bonds is 22. The van der Waals surface area contributed by atoms with Gasteiger partial charge < -0.3 is 24.8 Å². The second kappa shape index (κ2) is 22.9. The molecule has 2 aromatic rings. The van der Waals surface area contributed by atoms with Gasteiger partial charge in [-0.3, -0.25) is 4.79 Å². The Morgan fingerprint density at radius 1 is 0.600 bits per heavy atom. The molecule has 0 unspecified atom stereocenters. The number of benzene rings is 2. The van der Waals surface area contributed by atoms with Crippen molar-refractivity contribution < 1.29 is 28.6 Å². The number of carbonyl (C=O) groups excluding carboxylic acids is 3. The highest BCUT2D eigenvalue weighted by Gasteiger charge is 2.29. The van der Waals surface area contributed by atoms with Gasteiger partial charge >= 0.3 is 18.2 Å². The number of unbranched alkanes of at least 4 members (excludes halogenated alkanes) is 9. The highest BCUT2D eigenvalue weighted by atomic mass is 16.6. The van der Waals surface area contributed by atoms with E-state index in [0.717, 1.165) is 62.5 Å². The van der Waals surface area contributed by atoms with Crippen LogP contribution in [0, 0.1) is 0 Å². The zero-order valence-corrected chi connectivity index (χ0v) is 27.9. The quantitative estimate of drug-likeness (QED) is 0.0769. The van der Waals surface area contributed by atoms with E-state index in [0.29, 0.717) is 19.3 Å². The molecule has 2 N–H and O–H groups in total. The highest BCUT2D eigenvalue weighted by molar-refractivity contribution is 5.69. The number of ether oxygens (including phenoxy) is 3. The number of hydrogen-bond donors (Lipinski definition) is 2. The summed E-state index contributed by atoms with van der Waals surface area (Å²) < 4.78 is 16.8. The Bertz CT molecular complexity index is 1080. The van der Waals surface area contributed by atoms with E-state index in [4.69, 9.17) is 14.2 Å². The van der Waals surface area contributed by atoms with Crippen LogP contribution in [-0.2, 0) is 19.0 Å². The van der Waals surface area contributed by atoms with Crippen molar-refractivity contribution in [1.82, 2.24) is 10.6 Å². The van der Waals surface area contributed by atoms with Crippen molar-refractivity contribution in [2.75, 3.05) is 7.11 Å². The zero-order chi connectivity index (χ0) is 32.7. The first-order valence-electron chi connectivity index (χ1n) is 16.9. The van der Waals surface area contributed by atoms with Gasteiger partial charge in [-0.25, -0.2) is 9.59 Å². The molecule has 0 bridgehead atoms. The molecule has 0 fully saturated rings. The topological polar surface area (TPSA) is 103 Å².